The fourth-order valence-corrected chi connectivity index (χ4v) is 3.43. The van der Waals surface area contributed by atoms with Gasteiger partial charge >= 0.3 is 6.18 Å². The summed E-state index contributed by atoms with van der Waals surface area (Å²) in [6.07, 6.45) is -1.44. The number of allylic oxidation sites excluding steroid dienone is 1. The van der Waals surface area contributed by atoms with Crippen molar-refractivity contribution in [2.45, 2.75) is 19.2 Å². The van der Waals surface area contributed by atoms with Crippen molar-refractivity contribution in [2.24, 2.45) is 5.10 Å². The van der Waals surface area contributed by atoms with Crippen molar-refractivity contribution in [3.05, 3.63) is 110 Å². The highest BCUT2D eigenvalue weighted by Crippen LogP contribution is 2.36. The van der Waals surface area contributed by atoms with Gasteiger partial charge in [-0.1, -0.05) is 18.2 Å². The molecule has 13 heteroatoms. The highest BCUT2D eigenvalue weighted by atomic mass is 19.4. The Hall–Kier alpha value is -4.94. The SMILES string of the molecule is C=CCc1cc(/C=N\Nc2ccc(C(F)(F)F)cc2[N+](=O)[O-])cc(OC)c1OCc1cccc([N+](=O)[O-])c1. The molecule has 198 valence electrons. The molecule has 3 aromatic rings. The summed E-state index contributed by atoms with van der Waals surface area (Å²) in [6, 6.07) is 11.3. The molecule has 1 N–H and O–H groups in total. The number of ether oxygens (including phenoxy) is 2. The molecule has 0 spiro atoms. The van der Waals surface area contributed by atoms with E-state index in [-0.39, 0.29) is 18.0 Å². The maximum Gasteiger partial charge on any atom is 0.416 e. The minimum Gasteiger partial charge on any atom is -0.493 e. The van der Waals surface area contributed by atoms with E-state index in [1.54, 1.807) is 30.3 Å². The number of hydrazone groups is 1. The Morgan fingerprint density at radius 3 is 2.47 bits per heavy atom. The van der Waals surface area contributed by atoms with E-state index in [9.17, 15) is 33.4 Å². The van der Waals surface area contributed by atoms with Gasteiger partial charge in [-0.05, 0) is 41.8 Å². The molecule has 0 fully saturated rings. The Morgan fingerprint density at radius 1 is 1.08 bits per heavy atom. The smallest absolute Gasteiger partial charge is 0.416 e. The fraction of sp³-hybridized carbons (Fsp3) is 0.160. The predicted molar refractivity (Wildman–Crippen MR) is 134 cm³/mol. The van der Waals surface area contributed by atoms with Gasteiger partial charge in [-0.3, -0.25) is 25.7 Å². The van der Waals surface area contributed by atoms with E-state index in [0.29, 0.717) is 46.7 Å². The van der Waals surface area contributed by atoms with Gasteiger partial charge in [-0.25, -0.2) is 0 Å². The first-order valence-corrected chi connectivity index (χ1v) is 10.9. The van der Waals surface area contributed by atoms with Gasteiger partial charge < -0.3 is 9.47 Å². The topological polar surface area (TPSA) is 129 Å². The van der Waals surface area contributed by atoms with Crippen LogP contribution in [0, 0.1) is 20.2 Å². The molecule has 0 aliphatic heterocycles. The largest absolute Gasteiger partial charge is 0.493 e. The van der Waals surface area contributed by atoms with Crippen LogP contribution in [0.3, 0.4) is 0 Å². The summed E-state index contributed by atoms with van der Waals surface area (Å²) in [4.78, 5) is 20.8. The zero-order valence-electron chi connectivity index (χ0n) is 19.9. The van der Waals surface area contributed by atoms with Gasteiger partial charge in [0.1, 0.15) is 12.3 Å². The zero-order valence-corrected chi connectivity index (χ0v) is 19.9. The first-order valence-electron chi connectivity index (χ1n) is 10.9. The molecule has 0 saturated carbocycles. The molecule has 0 heterocycles. The van der Waals surface area contributed by atoms with Crippen molar-refractivity contribution in [3.8, 4) is 11.5 Å². The van der Waals surface area contributed by atoms with E-state index in [1.807, 2.05) is 0 Å². The van der Waals surface area contributed by atoms with E-state index in [2.05, 4.69) is 17.1 Å². The number of rotatable bonds is 11. The van der Waals surface area contributed by atoms with Crippen LogP contribution >= 0.6 is 0 Å². The summed E-state index contributed by atoms with van der Waals surface area (Å²) in [5.74, 6) is 0.694. The molecule has 0 saturated heterocycles. The number of alkyl halides is 3. The summed E-state index contributed by atoms with van der Waals surface area (Å²) in [5.41, 5.74) is 1.86. The van der Waals surface area contributed by atoms with Crippen molar-refractivity contribution in [2.75, 3.05) is 12.5 Å². The quantitative estimate of drug-likeness (QED) is 0.134. The number of nitro groups is 2. The van der Waals surface area contributed by atoms with Gasteiger partial charge in [0, 0.05) is 23.8 Å². The number of hydrogen-bond donors (Lipinski definition) is 1. The van der Waals surface area contributed by atoms with Crippen LogP contribution < -0.4 is 14.9 Å². The molecular weight excluding hydrogens is 509 g/mol. The maximum atomic E-state index is 12.9. The average molecular weight is 530 g/mol. The van der Waals surface area contributed by atoms with E-state index in [4.69, 9.17) is 9.47 Å². The first-order chi connectivity index (χ1) is 18.0. The van der Waals surface area contributed by atoms with Crippen LogP contribution in [0.5, 0.6) is 11.5 Å². The second-order valence-corrected chi connectivity index (χ2v) is 7.78. The van der Waals surface area contributed by atoms with Gasteiger partial charge in [0.05, 0.1) is 28.7 Å². The molecule has 0 atom stereocenters. The van der Waals surface area contributed by atoms with E-state index in [1.165, 1.54) is 25.5 Å². The Morgan fingerprint density at radius 2 is 1.84 bits per heavy atom. The second-order valence-electron chi connectivity index (χ2n) is 7.78. The van der Waals surface area contributed by atoms with Crippen LogP contribution in [0.2, 0.25) is 0 Å². The molecule has 0 aliphatic rings. The summed E-state index contributed by atoms with van der Waals surface area (Å²) >= 11 is 0. The van der Waals surface area contributed by atoms with Crippen LogP contribution in [0.1, 0.15) is 22.3 Å². The van der Waals surface area contributed by atoms with Crippen molar-refractivity contribution in [3.63, 3.8) is 0 Å². The van der Waals surface area contributed by atoms with E-state index < -0.39 is 27.3 Å². The molecular formula is C25H21F3N4O6. The lowest BCUT2D eigenvalue weighted by atomic mass is 10.1. The Balaban J connectivity index is 1.85. The van der Waals surface area contributed by atoms with Gasteiger partial charge in [0.25, 0.3) is 11.4 Å². The lowest BCUT2D eigenvalue weighted by Gasteiger charge is -2.16. The molecule has 0 bridgehead atoms. The van der Waals surface area contributed by atoms with E-state index >= 15 is 0 Å². The Bertz CT molecular complexity index is 1390. The van der Waals surface area contributed by atoms with Gasteiger partial charge in [-0.2, -0.15) is 18.3 Å². The van der Waals surface area contributed by atoms with Crippen LogP contribution in [0.15, 0.2) is 72.4 Å². The Labute approximate surface area is 214 Å². The first kappa shape index (κ1) is 27.6. The van der Waals surface area contributed by atoms with Gasteiger partial charge in [0.2, 0.25) is 0 Å². The third-order valence-electron chi connectivity index (χ3n) is 5.16. The van der Waals surface area contributed by atoms with Crippen LogP contribution in [0.4, 0.5) is 30.2 Å². The monoisotopic (exact) mass is 530 g/mol. The number of nitrogens with zero attached hydrogens (tertiary/aromatic N) is 3. The standard InChI is InChI=1S/C25H21F3N4O6/c1-3-5-18-10-17(14-29-30-21-9-8-19(25(26,27)28)13-22(21)32(35)36)12-23(37-2)24(18)38-15-16-6-4-7-20(11-16)31(33)34/h3-4,6-14,30H,1,5,15H2,2H3/b29-14-. The second kappa shape index (κ2) is 11.9. The van der Waals surface area contributed by atoms with Gasteiger partial charge in [-0.15, -0.1) is 6.58 Å². The molecule has 3 rings (SSSR count). The highest BCUT2D eigenvalue weighted by molar-refractivity contribution is 5.82. The van der Waals surface area contributed by atoms with Crippen LogP contribution in [0.25, 0.3) is 0 Å². The third-order valence-corrected chi connectivity index (χ3v) is 5.16. The maximum absolute atomic E-state index is 12.9. The van der Waals surface area contributed by atoms with E-state index in [0.717, 1.165) is 6.07 Å². The number of anilines is 1. The normalized spacial score (nSPS) is 11.3. The lowest BCUT2D eigenvalue weighted by molar-refractivity contribution is -0.385. The number of methoxy groups -OCH3 is 1. The lowest BCUT2D eigenvalue weighted by Crippen LogP contribution is -2.06. The predicted octanol–water partition coefficient (Wildman–Crippen LogP) is 6.28. The molecule has 0 radical (unpaired) electrons. The molecule has 0 unspecified atom stereocenters. The zero-order chi connectivity index (χ0) is 27.9. The molecule has 0 aliphatic carbocycles. The minimum absolute atomic E-state index is 0.0226. The molecule has 3 aromatic carbocycles. The number of halogens is 3. The summed E-state index contributed by atoms with van der Waals surface area (Å²) in [5, 5.41) is 26.2. The number of nitro benzene ring substituents is 2. The van der Waals surface area contributed by atoms with Crippen molar-refractivity contribution >= 4 is 23.3 Å². The summed E-state index contributed by atoms with van der Waals surface area (Å²) in [6.45, 7) is 3.75. The van der Waals surface area contributed by atoms with Crippen molar-refractivity contribution < 1.29 is 32.5 Å². The average Bonchev–Trinajstić information content (AvgIpc) is 2.87. The fourth-order valence-electron chi connectivity index (χ4n) is 3.43. The molecule has 0 aromatic heterocycles. The van der Waals surface area contributed by atoms with Crippen LogP contribution in [-0.4, -0.2) is 23.2 Å². The summed E-state index contributed by atoms with van der Waals surface area (Å²) < 4.78 is 50.1. The number of nitrogens with one attached hydrogen (secondary N) is 1. The van der Waals surface area contributed by atoms with Crippen LogP contribution in [-0.2, 0) is 19.2 Å². The minimum atomic E-state index is -4.73. The Kier molecular flexibility index (Phi) is 8.63. The number of benzene rings is 3. The summed E-state index contributed by atoms with van der Waals surface area (Å²) in [7, 11) is 1.41. The molecule has 10 nitrogen and oxygen atoms in total. The molecule has 38 heavy (non-hydrogen) atoms. The number of hydrogen-bond acceptors (Lipinski definition) is 8. The van der Waals surface area contributed by atoms with Crippen molar-refractivity contribution in [1.82, 2.24) is 0 Å². The third kappa shape index (κ3) is 6.84. The molecule has 0 amide bonds. The van der Waals surface area contributed by atoms with Gasteiger partial charge in [0.15, 0.2) is 11.5 Å². The van der Waals surface area contributed by atoms with Crippen molar-refractivity contribution in [1.29, 1.82) is 0 Å². The highest BCUT2D eigenvalue weighted by Gasteiger charge is 2.33. The number of non-ortho nitro benzene ring substituents is 1.